The lowest BCUT2D eigenvalue weighted by Gasteiger charge is -2.19. The zero-order chi connectivity index (χ0) is 23.4. The van der Waals surface area contributed by atoms with Gasteiger partial charge in [-0.3, -0.25) is 14.1 Å². The summed E-state index contributed by atoms with van der Waals surface area (Å²) in [5.74, 6) is -1.44. The lowest BCUT2D eigenvalue weighted by atomic mass is 9.84. The molecule has 31 heavy (non-hydrogen) atoms. The average molecular weight is 489 g/mol. The molecular formula is C17H16N2O9S3. The Bertz CT molecular complexity index is 1440. The van der Waals surface area contributed by atoms with E-state index in [0.29, 0.717) is 0 Å². The van der Waals surface area contributed by atoms with E-state index >= 15 is 0 Å². The van der Waals surface area contributed by atoms with Crippen LogP contribution in [-0.2, 0) is 30.2 Å². The molecule has 0 spiro atoms. The molecule has 0 radical (unpaired) electrons. The third kappa shape index (κ3) is 4.30. The lowest BCUT2D eigenvalue weighted by molar-refractivity contribution is 0.0978. The first kappa shape index (κ1) is 23.2. The number of sulfonamides is 2. The summed E-state index contributed by atoms with van der Waals surface area (Å²) in [6.45, 7) is 1.33. The summed E-state index contributed by atoms with van der Waals surface area (Å²) in [5, 5.41) is 3.24. The second-order valence-electron chi connectivity index (χ2n) is 6.65. The second kappa shape index (κ2) is 7.58. The molecule has 11 nitrogen and oxygen atoms in total. The number of nitrogens with one attached hydrogen (secondary N) is 1. The number of hydrogen-bond acceptors (Lipinski definition) is 8. The molecule has 0 aromatic heterocycles. The second-order valence-corrected chi connectivity index (χ2v) is 11.5. The predicted octanol–water partition coefficient (Wildman–Crippen LogP) is 0.0116. The average Bonchev–Trinajstić information content (AvgIpc) is 2.67. The Morgan fingerprint density at radius 1 is 0.839 bits per heavy atom. The Balaban J connectivity index is 2.11. The van der Waals surface area contributed by atoms with Crippen LogP contribution in [0.3, 0.4) is 0 Å². The molecule has 2 aromatic rings. The van der Waals surface area contributed by atoms with Gasteiger partial charge >= 0.3 is 0 Å². The summed E-state index contributed by atoms with van der Waals surface area (Å²) in [6.07, 6.45) is -0.274. The van der Waals surface area contributed by atoms with E-state index in [2.05, 4.69) is 0 Å². The van der Waals surface area contributed by atoms with E-state index in [1.54, 1.807) is 0 Å². The zero-order valence-corrected chi connectivity index (χ0v) is 18.2. The Kier molecular flexibility index (Phi) is 5.67. The summed E-state index contributed by atoms with van der Waals surface area (Å²) in [7, 11) is -13.4. The highest BCUT2D eigenvalue weighted by Crippen LogP contribution is 2.30. The van der Waals surface area contributed by atoms with Gasteiger partial charge in [-0.1, -0.05) is 6.92 Å². The number of nitrogens with two attached hydrogens (primary N) is 1. The fraction of sp³-hybridized carbons (Fsp3) is 0.176. The van der Waals surface area contributed by atoms with Gasteiger partial charge in [0, 0.05) is 22.3 Å². The van der Waals surface area contributed by atoms with Crippen molar-refractivity contribution in [1.82, 2.24) is 4.72 Å². The minimum absolute atomic E-state index is 0.0731. The van der Waals surface area contributed by atoms with Gasteiger partial charge in [-0.15, -0.1) is 0 Å². The maximum atomic E-state index is 12.9. The van der Waals surface area contributed by atoms with Crippen LogP contribution in [0.5, 0.6) is 0 Å². The molecule has 0 heterocycles. The van der Waals surface area contributed by atoms with Gasteiger partial charge in [-0.2, -0.15) is 13.1 Å². The maximum Gasteiger partial charge on any atom is 0.282 e. The van der Waals surface area contributed by atoms with Crippen molar-refractivity contribution >= 4 is 41.7 Å². The highest BCUT2D eigenvalue weighted by molar-refractivity contribution is 7.91. The molecule has 166 valence electrons. The van der Waals surface area contributed by atoms with Gasteiger partial charge in [0.15, 0.2) is 11.6 Å². The van der Waals surface area contributed by atoms with Crippen molar-refractivity contribution in [2.24, 2.45) is 5.14 Å². The summed E-state index contributed by atoms with van der Waals surface area (Å²) in [4.78, 5) is 24.7. The molecule has 4 N–H and O–H groups in total. The number of benzene rings is 2. The minimum atomic E-state index is -4.73. The molecule has 14 heteroatoms. The molecule has 0 amide bonds. The largest absolute Gasteiger partial charge is 0.289 e. The number of ketones is 2. The molecule has 0 bridgehead atoms. The van der Waals surface area contributed by atoms with Crippen molar-refractivity contribution in [3.05, 3.63) is 58.7 Å². The predicted molar refractivity (Wildman–Crippen MR) is 107 cm³/mol. The summed E-state index contributed by atoms with van der Waals surface area (Å²) >= 11 is 0. The maximum absolute atomic E-state index is 12.9. The van der Waals surface area contributed by atoms with Crippen LogP contribution in [0.15, 0.2) is 46.2 Å². The normalized spacial score (nSPS) is 15.3. The van der Waals surface area contributed by atoms with Crippen molar-refractivity contribution < 1.29 is 39.4 Å². The molecule has 0 saturated heterocycles. The van der Waals surface area contributed by atoms with Crippen LogP contribution in [0, 0.1) is 0 Å². The monoisotopic (exact) mass is 488 g/mol. The molecule has 0 saturated carbocycles. The van der Waals surface area contributed by atoms with E-state index in [1.807, 2.05) is 4.72 Å². The van der Waals surface area contributed by atoms with E-state index in [9.17, 15) is 34.8 Å². The molecular weight excluding hydrogens is 472 g/mol. The molecule has 1 aliphatic carbocycles. The standard InChI is InChI=1S/C17H16N2O9S3/c1-2-15(31(26,27)28)19-30(24,25)10-4-6-12-14(8-10)17(21)13-7-9(29(18,22)23)3-5-11(13)16(12)20/h3-8,15,19H,2H2,1H3,(H2,18,22,23)(H,26,27,28). The van der Waals surface area contributed by atoms with E-state index < -0.39 is 56.9 Å². The first-order chi connectivity index (χ1) is 14.2. The highest BCUT2D eigenvalue weighted by Gasteiger charge is 2.33. The highest BCUT2D eigenvalue weighted by atomic mass is 32.2. The van der Waals surface area contributed by atoms with Crippen LogP contribution in [0.25, 0.3) is 0 Å². The van der Waals surface area contributed by atoms with Crippen molar-refractivity contribution in [2.45, 2.75) is 28.5 Å². The third-order valence-corrected chi connectivity index (χ3v) is 8.32. The summed E-state index contributed by atoms with van der Waals surface area (Å²) in [5.41, 5.74) is -0.763. The number of primary sulfonamides is 1. The fourth-order valence-corrected chi connectivity index (χ4v) is 6.05. The minimum Gasteiger partial charge on any atom is -0.289 e. The Morgan fingerprint density at radius 2 is 1.29 bits per heavy atom. The number of carbonyl (C=O) groups is 2. The van der Waals surface area contributed by atoms with Gasteiger partial charge in [-0.25, -0.2) is 22.0 Å². The zero-order valence-electron chi connectivity index (χ0n) is 15.8. The SMILES string of the molecule is CCC(NS(=O)(=O)c1ccc2c(c1)C(=O)c1cc(S(N)(=O)=O)ccc1C2=O)S(=O)(=O)O. The third-order valence-electron chi connectivity index (χ3n) is 4.62. The van der Waals surface area contributed by atoms with E-state index in [1.165, 1.54) is 6.92 Å². The number of fused-ring (bicyclic) bond motifs is 2. The molecule has 0 aliphatic heterocycles. The molecule has 1 atom stereocenters. The summed E-state index contributed by atoms with van der Waals surface area (Å²) in [6, 6.07) is 6.12. The first-order valence-electron chi connectivity index (χ1n) is 8.55. The van der Waals surface area contributed by atoms with E-state index in [0.717, 1.165) is 36.4 Å². The van der Waals surface area contributed by atoms with E-state index in [-0.39, 0.29) is 28.7 Å². The van der Waals surface area contributed by atoms with Crippen LogP contribution in [0.4, 0.5) is 0 Å². The number of rotatable bonds is 6. The lowest BCUT2D eigenvalue weighted by Crippen LogP contribution is -2.40. The molecule has 2 aromatic carbocycles. The van der Waals surface area contributed by atoms with E-state index in [4.69, 9.17) is 9.69 Å². The van der Waals surface area contributed by atoms with Gasteiger partial charge < -0.3 is 0 Å². The molecule has 3 rings (SSSR count). The molecule has 1 unspecified atom stereocenters. The van der Waals surface area contributed by atoms with Crippen molar-refractivity contribution in [3.8, 4) is 0 Å². The van der Waals surface area contributed by atoms with Gasteiger partial charge in [-0.05, 0) is 42.8 Å². The van der Waals surface area contributed by atoms with Crippen molar-refractivity contribution in [3.63, 3.8) is 0 Å². The van der Waals surface area contributed by atoms with Crippen LogP contribution in [-0.4, -0.2) is 46.7 Å². The Morgan fingerprint density at radius 3 is 1.74 bits per heavy atom. The van der Waals surface area contributed by atoms with Crippen LogP contribution >= 0.6 is 0 Å². The van der Waals surface area contributed by atoms with Gasteiger partial charge in [0.2, 0.25) is 20.0 Å². The van der Waals surface area contributed by atoms with Crippen molar-refractivity contribution in [2.75, 3.05) is 0 Å². The topological polar surface area (TPSA) is 195 Å². The smallest absolute Gasteiger partial charge is 0.282 e. The van der Waals surface area contributed by atoms with Gasteiger partial charge in [0.1, 0.15) is 5.37 Å². The Labute approximate surface area is 178 Å². The van der Waals surface area contributed by atoms with Crippen LogP contribution in [0.1, 0.15) is 45.2 Å². The molecule has 0 fully saturated rings. The van der Waals surface area contributed by atoms with Gasteiger partial charge in [0.05, 0.1) is 9.79 Å². The quantitative estimate of drug-likeness (QED) is 0.400. The summed E-state index contributed by atoms with van der Waals surface area (Å²) < 4.78 is 81.9. The number of carbonyl (C=O) groups excluding carboxylic acids is 2. The number of hydrogen-bond donors (Lipinski definition) is 3. The molecule has 1 aliphatic rings. The van der Waals surface area contributed by atoms with Crippen LogP contribution in [0.2, 0.25) is 0 Å². The Hall–Kier alpha value is -2.49. The first-order valence-corrected chi connectivity index (χ1v) is 13.1. The fourth-order valence-electron chi connectivity index (χ4n) is 3.05. The van der Waals surface area contributed by atoms with Crippen molar-refractivity contribution in [1.29, 1.82) is 0 Å². The van der Waals surface area contributed by atoms with Gasteiger partial charge in [0.25, 0.3) is 10.1 Å². The van der Waals surface area contributed by atoms with Crippen LogP contribution < -0.4 is 9.86 Å².